The molecule has 2 aliphatic rings. The summed E-state index contributed by atoms with van der Waals surface area (Å²) in [6.07, 6.45) is 2.91. The highest BCUT2D eigenvalue weighted by molar-refractivity contribution is 7.89. The van der Waals surface area contributed by atoms with Crippen molar-refractivity contribution in [3.05, 3.63) is 66.9 Å². The van der Waals surface area contributed by atoms with Crippen molar-refractivity contribution in [2.24, 2.45) is 5.92 Å². The SMILES string of the molecule is O=C(C1CCN(S(=O)(=O)c2ccc3ccccc3c2)CC1)N1CCN(c2ccccn2)CC1. The van der Waals surface area contributed by atoms with Crippen LogP contribution in [0.2, 0.25) is 0 Å². The first kappa shape index (κ1) is 21.9. The van der Waals surface area contributed by atoms with Crippen molar-refractivity contribution in [1.29, 1.82) is 0 Å². The van der Waals surface area contributed by atoms with E-state index in [-0.39, 0.29) is 11.8 Å². The van der Waals surface area contributed by atoms with E-state index >= 15 is 0 Å². The minimum atomic E-state index is -3.57. The Hall–Kier alpha value is -2.97. The molecule has 0 spiro atoms. The Morgan fingerprint density at radius 1 is 0.818 bits per heavy atom. The molecule has 0 bridgehead atoms. The molecule has 8 heteroatoms. The van der Waals surface area contributed by atoms with E-state index in [1.54, 1.807) is 18.3 Å². The highest BCUT2D eigenvalue weighted by Crippen LogP contribution is 2.27. The molecule has 33 heavy (non-hydrogen) atoms. The molecule has 3 heterocycles. The number of rotatable bonds is 4. The number of carbonyl (C=O) groups is 1. The van der Waals surface area contributed by atoms with Gasteiger partial charge in [-0.2, -0.15) is 4.31 Å². The van der Waals surface area contributed by atoms with Gasteiger partial charge in [0.25, 0.3) is 0 Å². The van der Waals surface area contributed by atoms with Crippen LogP contribution in [0.3, 0.4) is 0 Å². The maximum Gasteiger partial charge on any atom is 0.243 e. The predicted molar refractivity (Wildman–Crippen MR) is 128 cm³/mol. The summed E-state index contributed by atoms with van der Waals surface area (Å²) >= 11 is 0. The molecule has 0 atom stereocenters. The third kappa shape index (κ3) is 4.45. The molecular weight excluding hydrogens is 436 g/mol. The van der Waals surface area contributed by atoms with Gasteiger partial charge in [0.15, 0.2) is 0 Å². The van der Waals surface area contributed by atoms with E-state index in [9.17, 15) is 13.2 Å². The summed E-state index contributed by atoms with van der Waals surface area (Å²) in [6.45, 7) is 3.62. The van der Waals surface area contributed by atoms with Crippen molar-refractivity contribution in [2.45, 2.75) is 17.7 Å². The van der Waals surface area contributed by atoms with Crippen molar-refractivity contribution < 1.29 is 13.2 Å². The Labute approximate surface area is 194 Å². The summed E-state index contributed by atoms with van der Waals surface area (Å²) in [6, 6.07) is 18.9. The van der Waals surface area contributed by atoms with E-state index in [0.717, 1.165) is 29.7 Å². The maximum absolute atomic E-state index is 13.2. The molecule has 3 aromatic rings. The smallest absolute Gasteiger partial charge is 0.243 e. The fourth-order valence-corrected chi connectivity index (χ4v) is 6.28. The van der Waals surface area contributed by atoms with E-state index in [0.29, 0.717) is 43.9 Å². The van der Waals surface area contributed by atoms with Gasteiger partial charge in [-0.25, -0.2) is 13.4 Å². The van der Waals surface area contributed by atoms with E-state index < -0.39 is 10.0 Å². The molecular formula is C25H28N4O3S. The van der Waals surface area contributed by atoms with Gasteiger partial charge in [-0.1, -0.05) is 36.4 Å². The Balaban J connectivity index is 1.18. The average Bonchev–Trinajstić information content (AvgIpc) is 2.88. The highest BCUT2D eigenvalue weighted by atomic mass is 32.2. The zero-order chi connectivity index (χ0) is 22.8. The molecule has 7 nitrogen and oxygen atoms in total. The van der Waals surface area contributed by atoms with Crippen LogP contribution in [0.15, 0.2) is 71.8 Å². The van der Waals surface area contributed by atoms with Crippen LogP contribution in [0.1, 0.15) is 12.8 Å². The normalized spacial score (nSPS) is 18.5. The van der Waals surface area contributed by atoms with Gasteiger partial charge in [0.1, 0.15) is 5.82 Å². The Kier molecular flexibility index (Phi) is 6.03. The second-order valence-electron chi connectivity index (χ2n) is 8.69. The number of aromatic nitrogens is 1. The Morgan fingerprint density at radius 2 is 1.52 bits per heavy atom. The van der Waals surface area contributed by atoms with E-state index in [4.69, 9.17) is 0 Å². The fraction of sp³-hybridized carbons (Fsp3) is 0.360. The van der Waals surface area contributed by atoms with Crippen LogP contribution >= 0.6 is 0 Å². The number of fused-ring (bicyclic) bond motifs is 1. The van der Waals surface area contributed by atoms with Crippen LogP contribution in [-0.4, -0.2) is 67.8 Å². The fourth-order valence-electron chi connectivity index (χ4n) is 4.77. The van der Waals surface area contributed by atoms with Crippen molar-refractivity contribution in [1.82, 2.24) is 14.2 Å². The summed E-state index contributed by atoms with van der Waals surface area (Å²) in [4.78, 5) is 21.9. The first-order valence-electron chi connectivity index (χ1n) is 11.5. The molecule has 0 radical (unpaired) electrons. The van der Waals surface area contributed by atoms with Crippen LogP contribution in [0.5, 0.6) is 0 Å². The molecule has 2 aliphatic heterocycles. The van der Waals surface area contributed by atoms with Gasteiger partial charge in [-0.05, 0) is 47.9 Å². The topological polar surface area (TPSA) is 73.8 Å². The molecule has 0 N–H and O–H groups in total. The molecule has 2 fully saturated rings. The third-order valence-corrected chi connectivity index (χ3v) is 8.62. The second kappa shape index (κ2) is 9.11. The van der Waals surface area contributed by atoms with Gasteiger partial charge in [0.05, 0.1) is 4.90 Å². The molecule has 2 aromatic carbocycles. The first-order chi connectivity index (χ1) is 16.0. The molecule has 5 rings (SSSR count). The largest absolute Gasteiger partial charge is 0.353 e. The van der Waals surface area contributed by atoms with Crippen molar-refractivity contribution in [3.63, 3.8) is 0 Å². The van der Waals surface area contributed by atoms with Gasteiger partial charge >= 0.3 is 0 Å². The van der Waals surface area contributed by atoms with Crippen LogP contribution in [-0.2, 0) is 14.8 Å². The minimum absolute atomic E-state index is 0.116. The number of amides is 1. The van der Waals surface area contributed by atoms with E-state index in [1.165, 1.54) is 4.31 Å². The molecule has 1 aromatic heterocycles. The monoisotopic (exact) mass is 464 g/mol. The maximum atomic E-state index is 13.2. The van der Waals surface area contributed by atoms with E-state index in [1.807, 2.05) is 53.4 Å². The number of hydrogen-bond acceptors (Lipinski definition) is 5. The van der Waals surface area contributed by atoms with Gasteiger partial charge in [-0.3, -0.25) is 4.79 Å². The standard InChI is InChI=1S/C25H28N4O3S/c30-25(28-17-15-27(16-18-28)24-7-3-4-12-26-24)21-10-13-29(14-11-21)33(31,32)23-9-8-20-5-1-2-6-22(20)19-23/h1-9,12,19,21H,10-11,13-18H2. The Bertz CT molecular complexity index is 1230. The molecule has 0 aliphatic carbocycles. The first-order valence-corrected chi connectivity index (χ1v) is 12.9. The number of benzene rings is 2. The number of pyridine rings is 1. The number of anilines is 1. The number of carbonyl (C=O) groups excluding carboxylic acids is 1. The van der Waals surface area contributed by atoms with Gasteiger partial charge in [0.2, 0.25) is 15.9 Å². The lowest BCUT2D eigenvalue weighted by Crippen LogP contribution is -2.52. The number of nitrogens with zero attached hydrogens (tertiary/aromatic N) is 4. The zero-order valence-electron chi connectivity index (χ0n) is 18.5. The summed E-state index contributed by atoms with van der Waals surface area (Å²) in [5.41, 5.74) is 0. The lowest BCUT2D eigenvalue weighted by Gasteiger charge is -2.38. The van der Waals surface area contributed by atoms with Crippen LogP contribution in [0.4, 0.5) is 5.82 Å². The summed E-state index contributed by atoms with van der Waals surface area (Å²) in [5, 5.41) is 1.93. The molecule has 2 saturated heterocycles. The van der Waals surface area contributed by atoms with Crippen molar-refractivity contribution >= 4 is 32.5 Å². The van der Waals surface area contributed by atoms with Gasteiger partial charge in [0, 0.05) is 51.4 Å². The number of piperazine rings is 1. The number of sulfonamides is 1. The molecule has 172 valence electrons. The van der Waals surface area contributed by atoms with Gasteiger partial charge < -0.3 is 9.80 Å². The predicted octanol–water partition coefficient (Wildman–Crippen LogP) is 2.98. The summed E-state index contributed by atoms with van der Waals surface area (Å²) in [7, 11) is -3.57. The summed E-state index contributed by atoms with van der Waals surface area (Å²) < 4.78 is 27.9. The lowest BCUT2D eigenvalue weighted by molar-refractivity contribution is -0.137. The zero-order valence-corrected chi connectivity index (χ0v) is 19.3. The second-order valence-corrected chi connectivity index (χ2v) is 10.6. The van der Waals surface area contributed by atoms with E-state index in [2.05, 4.69) is 9.88 Å². The highest BCUT2D eigenvalue weighted by Gasteiger charge is 2.34. The molecule has 0 saturated carbocycles. The number of hydrogen-bond donors (Lipinski definition) is 0. The van der Waals surface area contributed by atoms with Crippen LogP contribution in [0, 0.1) is 5.92 Å². The quantitative estimate of drug-likeness (QED) is 0.594. The lowest BCUT2D eigenvalue weighted by atomic mass is 9.96. The van der Waals surface area contributed by atoms with Gasteiger partial charge in [-0.15, -0.1) is 0 Å². The number of piperidine rings is 1. The van der Waals surface area contributed by atoms with Crippen molar-refractivity contribution in [3.8, 4) is 0 Å². The molecule has 1 amide bonds. The minimum Gasteiger partial charge on any atom is -0.353 e. The Morgan fingerprint density at radius 3 is 2.21 bits per heavy atom. The van der Waals surface area contributed by atoms with Crippen LogP contribution in [0.25, 0.3) is 10.8 Å². The van der Waals surface area contributed by atoms with Crippen LogP contribution < -0.4 is 4.90 Å². The van der Waals surface area contributed by atoms with Crippen molar-refractivity contribution in [2.75, 3.05) is 44.2 Å². The third-order valence-electron chi connectivity index (χ3n) is 6.73. The molecule has 0 unspecified atom stereocenters. The summed E-state index contributed by atoms with van der Waals surface area (Å²) in [5.74, 6) is 0.977. The average molecular weight is 465 g/mol.